The number of ketones is 1. The van der Waals surface area contributed by atoms with Crippen molar-refractivity contribution >= 4 is 11.8 Å². The van der Waals surface area contributed by atoms with Crippen LogP contribution in [0.25, 0.3) is 0 Å². The number of Topliss-reactive ketones (excluding diaryl/α,β-unsaturated/α-hetero) is 1. The van der Waals surface area contributed by atoms with Crippen LogP contribution in [0.5, 0.6) is 5.75 Å². The minimum absolute atomic E-state index is 0.103. The van der Waals surface area contributed by atoms with Gasteiger partial charge < -0.3 is 9.47 Å². The molecule has 0 aliphatic heterocycles. The lowest BCUT2D eigenvalue weighted by molar-refractivity contribution is 0.0469. The van der Waals surface area contributed by atoms with Crippen molar-refractivity contribution in [3.8, 4) is 5.75 Å². The van der Waals surface area contributed by atoms with E-state index < -0.39 is 24.2 Å². The van der Waals surface area contributed by atoms with Crippen LogP contribution in [0.4, 0.5) is 4.39 Å². The quantitative estimate of drug-likeness (QED) is 0.607. The standard InChI is InChI=1S/C17H15FO4/c1-2-21-16-10-6-4-8-13(16)17(20)22-11-15(19)12-7-3-5-9-14(12)18/h3-10H,2,11H2,1H3. The second-order valence-electron chi connectivity index (χ2n) is 4.41. The number of rotatable bonds is 6. The molecule has 4 nitrogen and oxygen atoms in total. The molecule has 0 N–H and O–H groups in total. The Labute approximate surface area is 127 Å². The Morgan fingerprint density at radius 2 is 1.64 bits per heavy atom. The third-order valence-corrected chi connectivity index (χ3v) is 2.92. The number of benzene rings is 2. The summed E-state index contributed by atoms with van der Waals surface area (Å²) in [6.07, 6.45) is 0. The molecule has 0 aliphatic rings. The molecule has 0 unspecified atom stereocenters. The zero-order valence-corrected chi connectivity index (χ0v) is 12.0. The molecule has 5 heteroatoms. The van der Waals surface area contributed by atoms with E-state index in [1.54, 1.807) is 37.3 Å². The van der Waals surface area contributed by atoms with Gasteiger partial charge >= 0.3 is 5.97 Å². The number of halogens is 1. The predicted octanol–water partition coefficient (Wildman–Crippen LogP) is 3.26. The van der Waals surface area contributed by atoms with Crippen molar-refractivity contribution in [3.63, 3.8) is 0 Å². The molecule has 0 heterocycles. The van der Waals surface area contributed by atoms with Crippen LogP contribution in [0.15, 0.2) is 48.5 Å². The zero-order valence-electron chi connectivity index (χ0n) is 12.0. The molecular weight excluding hydrogens is 287 g/mol. The second-order valence-corrected chi connectivity index (χ2v) is 4.41. The normalized spacial score (nSPS) is 10.1. The fourth-order valence-electron chi connectivity index (χ4n) is 1.89. The molecule has 0 aliphatic carbocycles. The van der Waals surface area contributed by atoms with E-state index in [4.69, 9.17) is 9.47 Å². The highest BCUT2D eigenvalue weighted by molar-refractivity contribution is 6.00. The number of esters is 1. The molecule has 0 amide bonds. The van der Waals surface area contributed by atoms with Gasteiger partial charge in [-0.2, -0.15) is 0 Å². The van der Waals surface area contributed by atoms with E-state index in [2.05, 4.69) is 0 Å². The summed E-state index contributed by atoms with van der Waals surface area (Å²) in [5.41, 5.74) is 0.124. The summed E-state index contributed by atoms with van der Waals surface area (Å²) in [6.45, 7) is 1.67. The minimum Gasteiger partial charge on any atom is -0.493 e. The van der Waals surface area contributed by atoms with E-state index >= 15 is 0 Å². The van der Waals surface area contributed by atoms with E-state index in [0.29, 0.717) is 12.4 Å². The second kappa shape index (κ2) is 7.36. The fourth-order valence-corrected chi connectivity index (χ4v) is 1.89. The van der Waals surface area contributed by atoms with Gasteiger partial charge in [0.1, 0.15) is 17.1 Å². The molecule has 2 rings (SSSR count). The Balaban J connectivity index is 2.04. The van der Waals surface area contributed by atoms with Crippen molar-refractivity contribution < 1.29 is 23.5 Å². The molecular formula is C17H15FO4. The van der Waals surface area contributed by atoms with Gasteiger partial charge in [-0.15, -0.1) is 0 Å². The van der Waals surface area contributed by atoms with Gasteiger partial charge in [0.2, 0.25) is 5.78 Å². The first kappa shape index (κ1) is 15.7. The van der Waals surface area contributed by atoms with Crippen LogP contribution in [0.1, 0.15) is 27.6 Å². The fraction of sp³-hybridized carbons (Fsp3) is 0.176. The topological polar surface area (TPSA) is 52.6 Å². The van der Waals surface area contributed by atoms with Crippen molar-refractivity contribution in [1.82, 2.24) is 0 Å². The largest absolute Gasteiger partial charge is 0.493 e. The minimum atomic E-state index is -0.686. The lowest BCUT2D eigenvalue weighted by Crippen LogP contribution is -2.16. The molecule has 0 saturated heterocycles. The highest BCUT2D eigenvalue weighted by atomic mass is 19.1. The summed E-state index contributed by atoms with van der Waals surface area (Å²) < 4.78 is 23.7. The first-order valence-electron chi connectivity index (χ1n) is 6.80. The molecule has 22 heavy (non-hydrogen) atoms. The lowest BCUT2D eigenvalue weighted by Gasteiger charge is -2.09. The van der Waals surface area contributed by atoms with E-state index in [9.17, 15) is 14.0 Å². The molecule has 0 spiro atoms. The summed E-state index contributed by atoms with van der Waals surface area (Å²) in [4.78, 5) is 23.9. The highest BCUT2D eigenvalue weighted by Crippen LogP contribution is 2.19. The summed E-state index contributed by atoms with van der Waals surface area (Å²) >= 11 is 0. The molecule has 0 atom stereocenters. The maximum absolute atomic E-state index is 13.5. The highest BCUT2D eigenvalue weighted by Gasteiger charge is 2.17. The van der Waals surface area contributed by atoms with Gasteiger partial charge in [0.05, 0.1) is 12.2 Å². The van der Waals surface area contributed by atoms with Crippen molar-refractivity contribution in [1.29, 1.82) is 0 Å². The van der Waals surface area contributed by atoms with Crippen LogP contribution >= 0.6 is 0 Å². The Morgan fingerprint density at radius 1 is 1.00 bits per heavy atom. The SMILES string of the molecule is CCOc1ccccc1C(=O)OCC(=O)c1ccccc1F. The molecule has 0 aromatic heterocycles. The van der Waals surface area contributed by atoms with Crippen LogP contribution in [0.3, 0.4) is 0 Å². The van der Waals surface area contributed by atoms with Crippen LogP contribution in [-0.4, -0.2) is 25.0 Å². The van der Waals surface area contributed by atoms with Gasteiger partial charge in [-0.05, 0) is 31.2 Å². The molecule has 0 saturated carbocycles. The van der Waals surface area contributed by atoms with Crippen LogP contribution < -0.4 is 4.74 Å². The number of ether oxygens (including phenoxy) is 2. The summed E-state index contributed by atoms with van der Waals surface area (Å²) in [5.74, 6) is -1.54. The lowest BCUT2D eigenvalue weighted by atomic mass is 10.1. The van der Waals surface area contributed by atoms with Crippen molar-refractivity contribution in [3.05, 3.63) is 65.5 Å². The number of carbonyl (C=O) groups is 2. The number of para-hydroxylation sites is 1. The summed E-state index contributed by atoms with van der Waals surface area (Å²) in [6, 6.07) is 12.1. The number of hydrogen-bond acceptors (Lipinski definition) is 4. The average Bonchev–Trinajstić information content (AvgIpc) is 2.53. The Kier molecular flexibility index (Phi) is 5.25. The monoisotopic (exact) mass is 302 g/mol. The van der Waals surface area contributed by atoms with E-state index in [-0.39, 0.29) is 11.1 Å². The molecule has 2 aromatic rings. The Morgan fingerprint density at radius 3 is 2.32 bits per heavy atom. The van der Waals surface area contributed by atoms with E-state index in [0.717, 1.165) is 0 Å². The van der Waals surface area contributed by atoms with Gasteiger partial charge in [0.15, 0.2) is 6.61 Å². The van der Waals surface area contributed by atoms with Crippen LogP contribution in [0, 0.1) is 5.82 Å². The molecule has 114 valence electrons. The smallest absolute Gasteiger partial charge is 0.342 e. The molecule has 0 bridgehead atoms. The first-order chi connectivity index (χ1) is 10.6. The van der Waals surface area contributed by atoms with Gasteiger partial charge in [0.25, 0.3) is 0 Å². The molecule has 0 radical (unpaired) electrons. The van der Waals surface area contributed by atoms with E-state index in [1.807, 2.05) is 0 Å². The van der Waals surface area contributed by atoms with Gasteiger partial charge in [-0.25, -0.2) is 9.18 Å². The number of hydrogen-bond donors (Lipinski definition) is 0. The molecule has 0 fully saturated rings. The first-order valence-corrected chi connectivity index (χ1v) is 6.80. The van der Waals surface area contributed by atoms with Crippen molar-refractivity contribution in [2.45, 2.75) is 6.92 Å². The third kappa shape index (κ3) is 3.69. The maximum Gasteiger partial charge on any atom is 0.342 e. The molecule has 2 aromatic carbocycles. The van der Waals surface area contributed by atoms with Gasteiger partial charge in [0, 0.05) is 0 Å². The van der Waals surface area contributed by atoms with Crippen LogP contribution in [-0.2, 0) is 4.74 Å². The number of carbonyl (C=O) groups excluding carboxylic acids is 2. The summed E-state index contributed by atoms with van der Waals surface area (Å²) in [5, 5.41) is 0. The van der Waals surface area contributed by atoms with Crippen molar-refractivity contribution in [2.75, 3.05) is 13.2 Å². The summed E-state index contributed by atoms with van der Waals surface area (Å²) in [7, 11) is 0. The van der Waals surface area contributed by atoms with Gasteiger partial charge in [-0.3, -0.25) is 4.79 Å². The Hall–Kier alpha value is -2.69. The van der Waals surface area contributed by atoms with Crippen LogP contribution in [0.2, 0.25) is 0 Å². The van der Waals surface area contributed by atoms with Crippen molar-refractivity contribution in [2.24, 2.45) is 0 Å². The van der Waals surface area contributed by atoms with E-state index in [1.165, 1.54) is 18.2 Å². The predicted molar refractivity (Wildman–Crippen MR) is 78.6 cm³/mol. The average molecular weight is 302 g/mol. The zero-order chi connectivity index (χ0) is 15.9. The van der Waals surface area contributed by atoms with Gasteiger partial charge in [-0.1, -0.05) is 24.3 Å². The maximum atomic E-state index is 13.5. The third-order valence-electron chi connectivity index (χ3n) is 2.92. The Bertz CT molecular complexity index is 682.